The van der Waals surface area contributed by atoms with Gasteiger partial charge >= 0.3 is 0 Å². The van der Waals surface area contributed by atoms with Crippen LogP contribution in [0.5, 0.6) is 0 Å². The van der Waals surface area contributed by atoms with Gasteiger partial charge in [0, 0.05) is 30.5 Å². The Bertz CT molecular complexity index is 742. The van der Waals surface area contributed by atoms with Gasteiger partial charge in [-0.25, -0.2) is 0 Å². The molecule has 1 saturated heterocycles. The molecule has 6 heteroatoms. The van der Waals surface area contributed by atoms with Gasteiger partial charge in [0.05, 0.1) is 0 Å². The number of carbonyl (C=O) groups is 1. The summed E-state index contributed by atoms with van der Waals surface area (Å²) in [6.45, 7) is 4.15. The number of aryl methyl sites for hydroxylation is 1. The Morgan fingerprint density at radius 2 is 2.12 bits per heavy atom. The van der Waals surface area contributed by atoms with Gasteiger partial charge in [0.2, 0.25) is 0 Å². The van der Waals surface area contributed by atoms with Crippen LogP contribution in [0, 0.1) is 6.92 Å². The minimum absolute atomic E-state index is 0.247. The number of nitrogens with one attached hydrogen (secondary N) is 1. The molecule has 1 aliphatic heterocycles. The number of carbonyl (C=O) groups excluding carboxylic acids is 1. The molecule has 1 aliphatic rings. The molecule has 5 nitrogen and oxygen atoms in total. The number of amides is 1. The van der Waals surface area contributed by atoms with Gasteiger partial charge in [-0.3, -0.25) is 4.79 Å². The summed E-state index contributed by atoms with van der Waals surface area (Å²) in [5, 5.41) is 2.91. The van der Waals surface area contributed by atoms with Crippen LogP contribution in [0.3, 0.4) is 0 Å². The summed E-state index contributed by atoms with van der Waals surface area (Å²) in [4.78, 5) is 16.9. The van der Waals surface area contributed by atoms with E-state index in [4.69, 9.17) is 4.42 Å². The Balaban J connectivity index is 1.76. The second-order valence-electron chi connectivity index (χ2n) is 6.41. The molecule has 2 heterocycles. The Hall–Kier alpha value is -1.79. The first-order chi connectivity index (χ1) is 11.4. The second kappa shape index (κ2) is 6.99. The molecule has 1 aromatic heterocycles. The second-order valence-corrected chi connectivity index (χ2v) is 7.19. The minimum Gasteiger partial charge on any atom is -0.444 e. The molecular weight excluding hydrogens is 370 g/mol. The van der Waals surface area contributed by atoms with E-state index in [0.717, 1.165) is 25.2 Å². The summed E-state index contributed by atoms with van der Waals surface area (Å²) in [7, 11) is 4.25. The third-order valence-corrected chi connectivity index (χ3v) is 4.92. The van der Waals surface area contributed by atoms with E-state index in [9.17, 15) is 4.79 Å². The van der Waals surface area contributed by atoms with Gasteiger partial charge in [-0.2, -0.15) is 0 Å². The van der Waals surface area contributed by atoms with Crippen LogP contribution in [0.15, 0.2) is 39.4 Å². The van der Waals surface area contributed by atoms with E-state index in [1.165, 1.54) is 11.3 Å². The van der Waals surface area contributed by atoms with Crippen LogP contribution in [0.4, 0.5) is 11.4 Å². The van der Waals surface area contributed by atoms with E-state index >= 15 is 0 Å². The topological polar surface area (TPSA) is 48.7 Å². The lowest BCUT2D eigenvalue weighted by Crippen LogP contribution is -2.31. The molecule has 0 spiro atoms. The molecule has 128 valence electrons. The average molecular weight is 392 g/mol. The normalized spacial score (nSPS) is 17.5. The quantitative estimate of drug-likeness (QED) is 0.861. The van der Waals surface area contributed by atoms with E-state index in [2.05, 4.69) is 52.1 Å². The van der Waals surface area contributed by atoms with E-state index in [-0.39, 0.29) is 11.7 Å². The molecule has 0 unspecified atom stereocenters. The predicted octanol–water partition coefficient (Wildman–Crippen LogP) is 3.74. The summed E-state index contributed by atoms with van der Waals surface area (Å²) in [6.07, 6.45) is 1.16. The van der Waals surface area contributed by atoms with Crippen LogP contribution >= 0.6 is 15.9 Å². The van der Waals surface area contributed by atoms with Crippen molar-refractivity contribution < 1.29 is 9.21 Å². The highest BCUT2D eigenvalue weighted by Crippen LogP contribution is 2.29. The lowest BCUT2D eigenvalue weighted by atomic mass is 10.1. The van der Waals surface area contributed by atoms with Gasteiger partial charge in [0.15, 0.2) is 10.4 Å². The zero-order valence-corrected chi connectivity index (χ0v) is 15.8. The number of nitrogens with zero attached hydrogens (tertiary/aromatic N) is 2. The maximum absolute atomic E-state index is 12.2. The molecule has 1 amide bonds. The van der Waals surface area contributed by atoms with Crippen molar-refractivity contribution >= 4 is 33.2 Å². The zero-order valence-electron chi connectivity index (χ0n) is 14.2. The van der Waals surface area contributed by atoms with Crippen molar-refractivity contribution in [1.29, 1.82) is 0 Å². The molecular formula is C18H22BrN3O2. The standard InChI is InChI=1S/C18H22BrN3O2/c1-12-4-5-13(20-18(23)16-6-7-17(19)24-16)10-15(12)22-9-8-14(11-22)21(2)3/h4-7,10,14H,8-9,11H2,1-3H3,(H,20,23)/t14-/m1/s1. The first-order valence-corrected chi connectivity index (χ1v) is 8.82. The average Bonchev–Trinajstić information content (AvgIpc) is 3.18. The number of furan rings is 1. The summed E-state index contributed by atoms with van der Waals surface area (Å²) in [5.41, 5.74) is 3.17. The highest BCUT2D eigenvalue weighted by atomic mass is 79.9. The predicted molar refractivity (Wildman–Crippen MR) is 99.8 cm³/mol. The van der Waals surface area contributed by atoms with Crippen molar-refractivity contribution in [2.24, 2.45) is 0 Å². The Kier molecular flexibility index (Phi) is 4.96. The van der Waals surface area contributed by atoms with Crippen LogP contribution in [0.25, 0.3) is 0 Å². The highest BCUT2D eigenvalue weighted by Gasteiger charge is 2.25. The smallest absolute Gasteiger partial charge is 0.291 e. The molecule has 1 fully saturated rings. The Morgan fingerprint density at radius 3 is 2.75 bits per heavy atom. The molecule has 1 N–H and O–H groups in total. The van der Waals surface area contributed by atoms with Crippen molar-refractivity contribution in [1.82, 2.24) is 4.90 Å². The van der Waals surface area contributed by atoms with Crippen LogP contribution in [-0.2, 0) is 0 Å². The number of hydrogen-bond acceptors (Lipinski definition) is 4. The lowest BCUT2D eigenvalue weighted by molar-refractivity contribution is 0.0995. The monoisotopic (exact) mass is 391 g/mol. The third-order valence-electron chi connectivity index (χ3n) is 4.50. The van der Waals surface area contributed by atoms with Crippen LogP contribution < -0.4 is 10.2 Å². The van der Waals surface area contributed by atoms with Gasteiger partial charge < -0.3 is 19.5 Å². The van der Waals surface area contributed by atoms with Gasteiger partial charge in [-0.15, -0.1) is 0 Å². The Labute approximate surface area is 150 Å². The number of hydrogen-bond donors (Lipinski definition) is 1. The van der Waals surface area contributed by atoms with Gasteiger partial charge in [0.1, 0.15) is 0 Å². The van der Waals surface area contributed by atoms with Gasteiger partial charge in [-0.1, -0.05) is 6.07 Å². The number of likely N-dealkylation sites (N-methyl/N-ethyl adjacent to an activating group) is 1. The number of anilines is 2. The van der Waals surface area contributed by atoms with Crippen molar-refractivity contribution in [3.8, 4) is 0 Å². The molecule has 2 aromatic rings. The first-order valence-electron chi connectivity index (χ1n) is 8.03. The molecule has 0 radical (unpaired) electrons. The summed E-state index contributed by atoms with van der Waals surface area (Å²) < 4.78 is 5.85. The molecule has 0 bridgehead atoms. The van der Waals surface area contributed by atoms with Gasteiger partial charge in [-0.05, 0) is 73.2 Å². The van der Waals surface area contributed by atoms with E-state index in [0.29, 0.717) is 10.7 Å². The van der Waals surface area contributed by atoms with Crippen molar-refractivity contribution in [2.75, 3.05) is 37.4 Å². The summed E-state index contributed by atoms with van der Waals surface area (Å²) in [5.74, 6) is 0.0425. The molecule has 0 aliphatic carbocycles. The fourth-order valence-electron chi connectivity index (χ4n) is 3.04. The largest absolute Gasteiger partial charge is 0.444 e. The fraction of sp³-hybridized carbons (Fsp3) is 0.389. The lowest BCUT2D eigenvalue weighted by Gasteiger charge is -2.24. The highest BCUT2D eigenvalue weighted by molar-refractivity contribution is 9.10. The van der Waals surface area contributed by atoms with Crippen LogP contribution in [0.1, 0.15) is 22.5 Å². The number of halogens is 1. The molecule has 1 atom stereocenters. The van der Waals surface area contributed by atoms with Gasteiger partial charge in [0.25, 0.3) is 5.91 Å². The minimum atomic E-state index is -0.247. The van der Waals surface area contributed by atoms with Crippen LogP contribution in [0.2, 0.25) is 0 Å². The molecule has 1 aromatic carbocycles. The fourth-order valence-corrected chi connectivity index (χ4v) is 3.35. The zero-order chi connectivity index (χ0) is 17.3. The molecule has 0 saturated carbocycles. The molecule has 3 rings (SSSR count). The maximum Gasteiger partial charge on any atom is 0.291 e. The number of rotatable bonds is 4. The Morgan fingerprint density at radius 1 is 1.33 bits per heavy atom. The van der Waals surface area contributed by atoms with Crippen molar-refractivity contribution in [3.05, 3.63) is 46.3 Å². The third kappa shape index (κ3) is 3.65. The number of benzene rings is 1. The SMILES string of the molecule is Cc1ccc(NC(=O)c2ccc(Br)o2)cc1N1CC[C@@H](N(C)C)C1. The van der Waals surface area contributed by atoms with Crippen molar-refractivity contribution in [2.45, 2.75) is 19.4 Å². The van der Waals surface area contributed by atoms with E-state index in [1.54, 1.807) is 12.1 Å². The van der Waals surface area contributed by atoms with Crippen LogP contribution in [-0.4, -0.2) is 44.0 Å². The van der Waals surface area contributed by atoms with E-state index in [1.807, 2.05) is 18.2 Å². The first kappa shape index (κ1) is 17.0. The maximum atomic E-state index is 12.2. The summed E-state index contributed by atoms with van der Waals surface area (Å²) >= 11 is 3.21. The molecule has 24 heavy (non-hydrogen) atoms. The van der Waals surface area contributed by atoms with E-state index < -0.39 is 0 Å². The van der Waals surface area contributed by atoms with Crippen molar-refractivity contribution in [3.63, 3.8) is 0 Å². The summed E-state index contributed by atoms with van der Waals surface area (Å²) in [6, 6.07) is 9.95.